The maximum Gasteiger partial charge on any atom is 0.0541 e. The van der Waals surface area contributed by atoms with Gasteiger partial charge in [-0.2, -0.15) is 0 Å². The van der Waals surface area contributed by atoms with Crippen molar-refractivity contribution in [2.24, 2.45) is 0 Å². The molecule has 0 aliphatic rings. The average Bonchev–Trinajstić information content (AvgIpc) is 3.64. The number of anilines is 3. The van der Waals surface area contributed by atoms with E-state index in [4.69, 9.17) is 0 Å². The molecule has 0 unspecified atom stereocenters. The molecule has 2 nitrogen and oxygen atoms in total. The van der Waals surface area contributed by atoms with Crippen molar-refractivity contribution in [2.75, 3.05) is 4.90 Å². The molecular formula is C56H38N2. The summed E-state index contributed by atoms with van der Waals surface area (Å²) in [5.74, 6) is 0. The summed E-state index contributed by atoms with van der Waals surface area (Å²) in [6, 6.07) is 83.7. The molecule has 0 atom stereocenters. The van der Waals surface area contributed by atoms with Crippen LogP contribution < -0.4 is 4.90 Å². The zero-order valence-electron chi connectivity index (χ0n) is 31.8. The second-order valence-corrected chi connectivity index (χ2v) is 14.9. The number of benzene rings is 10. The molecule has 0 aliphatic heterocycles. The summed E-state index contributed by atoms with van der Waals surface area (Å²) in [6.07, 6.45) is 0. The highest BCUT2D eigenvalue weighted by atomic mass is 15.1. The van der Waals surface area contributed by atoms with Crippen LogP contribution in [0.5, 0.6) is 0 Å². The molecule has 0 spiro atoms. The van der Waals surface area contributed by atoms with E-state index >= 15 is 0 Å². The number of rotatable bonds is 7. The highest BCUT2D eigenvalue weighted by molar-refractivity contribution is 6.11. The molecule has 11 aromatic rings. The maximum atomic E-state index is 2.40. The highest BCUT2D eigenvalue weighted by Gasteiger charge is 2.18. The molecule has 2 heteroatoms. The minimum absolute atomic E-state index is 1.08. The zero-order chi connectivity index (χ0) is 38.4. The molecule has 1 heterocycles. The SMILES string of the molecule is c1ccc(-c2ccc(N(c3cccc(-c4cccc5cccc(-c6cccc7ccccc67)c45)c3)c3cccc(-n4c5ccccc5c5ccccc54)c3)cc2)cc1. The molecule has 1 aromatic heterocycles. The summed E-state index contributed by atoms with van der Waals surface area (Å²) in [6.45, 7) is 0. The topological polar surface area (TPSA) is 8.17 Å². The van der Waals surface area contributed by atoms with Gasteiger partial charge in [-0.05, 0) is 110 Å². The smallest absolute Gasteiger partial charge is 0.0541 e. The molecule has 58 heavy (non-hydrogen) atoms. The average molecular weight is 739 g/mol. The zero-order valence-corrected chi connectivity index (χ0v) is 31.8. The number of para-hydroxylation sites is 2. The van der Waals surface area contributed by atoms with Crippen LogP contribution in [0.25, 0.3) is 82.4 Å². The van der Waals surface area contributed by atoms with Crippen LogP contribution in [0.4, 0.5) is 17.1 Å². The van der Waals surface area contributed by atoms with Crippen molar-refractivity contribution in [3.05, 3.63) is 231 Å². The number of fused-ring (bicyclic) bond motifs is 5. The van der Waals surface area contributed by atoms with Crippen molar-refractivity contribution >= 4 is 60.4 Å². The predicted octanol–water partition coefficient (Wildman–Crippen LogP) is 15.6. The molecule has 272 valence electrons. The molecule has 0 saturated carbocycles. The maximum absolute atomic E-state index is 2.40. The van der Waals surface area contributed by atoms with E-state index in [0.717, 1.165) is 22.7 Å². The van der Waals surface area contributed by atoms with Gasteiger partial charge in [0, 0.05) is 33.5 Å². The van der Waals surface area contributed by atoms with Crippen LogP contribution in [0.15, 0.2) is 231 Å². The first kappa shape index (κ1) is 33.6. The molecule has 0 fully saturated rings. The fraction of sp³-hybridized carbons (Fsp3) is 0. The lowest BCUT2D eigenvalue weighted by Crippen LogP contribution is -2.10. The summed E-state index contributed by atoms with van der Waals surface area (Å²) in [5, 5.41) is 7.49. The third-order valence-corrected chi connectivity index (χ3v) is 11.6. The standard InChI is InChI=1S/C56H38N2/c1-2-15-39(16-3-1)40-33-35-44(36-34-40)57(46-23-14-24-47(38-46)58-54-31-8-6-26-51(54)52-27-7-9-32-55(52)58)45-22-10-21-43(37-45)49-28-12-19-42-20-13-30-53(56(42)49)50-29-11-18-41-17-4-5-25-48(41)50/h1-38H. The lowest BCUT2D eigenvalue weighted by molar-refractivity contribution is 1.17. The lowest BCUT2D eigenvalue weighted by atomic mass is 9.89. The van der Waals surface area contributed by atoms with E-state index in [-0.39, 0.29) is 0 Å². The third-order valence-electron chi connectivity index (χ3n) is 11.6. The van der Waals surface area contributed by atoms with E-state index in [0.29, 0.717) is 0 Å². The largest absolute Gasteiger partial charge is 0.310 e. The van der Waals surface area contributed by atoms with Gasteiger partial charge in [0.15, 0.2) is 0 Å². The van der Waals surface area contributed by atoms with Crippen LogP contribution in [0.3, 0.4) is 0 Å². The number of aromatic nitrogens is 1. The normalized spacial score (nSPS) is 11.4. The third kappa shape index (κ3) is 5.74. The van der Waals surface area contributed by atoms with Crippen molar-refractivity contribution in [1.29, 1.82) is 0 Å². The summed E-state index contributed by atoms with van der Waals surface area (Å²) < 4.78 is 2.40. The van der Waals surface area contributed by atoms with Crippen LogP contribution in [0, 0.1) is 0 Å². The van der Waals surface area contributed by atoms with E-state index < -0.39 is 0 Å². The Bertz CT molecular complexity index is 3220. The van der Waals surface area contributed by atoms with E-state index in [1.807, 2.05) is 0 Å². The molecule has 0 radical (unpaired) electrons. The Balaban J connectivity index is 1.10. The Hall–Kier alpha value is -7.68. The van der Waals surface area contributed by atoms with E-state index in [1.54, 1.807) is 0 Å². The van der Waals surface area contributed by atoms with Gasteiger partial charge in [-0.25, -0.2) is 0 Å². The van der Waals surface area contributed by atoms with Gasteiger partial charge in [0.1, 0.15) is 0 Å². The first-order valence-corrected chi connectivity index (χ1v) is 19.9. The summed E-state index contributed by atoms with van der Waals surface area (Å²) in [7, 11) is 0. The van der Waals surface area contributed by atoms with Gasteiger partial charge >= 0.3 is 0 Å². The van der Waals surface area contributed by atoms with Gasteiger partial charge in [0.05, 0.1) is 11.0 Å². The van der Waals surface area contributed by atoms with Gasteiger partial charge in [-0.15, -0.1) is 0 Å². The Labute approximate surface area is 338 Å². The molecule has 0 amide bonds. The fourth-order valence-corrected chi connectivity index (χ4v) is 8.93. The number of hydrogen-bond donors (Lipinski definition) is 0. The molecule has 0 saturated heterocycles. The Morgan fingerprint density at radius 2 is 0.810 bits per heavy atom. The van der Waals surface area contributed by atoms with Gasteiger partial charge in [-0.3, -0.25) is 0 Å². The molecular weight excluding hydrogens is 701 g/mol. The molecule has 11 rings (SSSR count). The second kappa shape index (κ2) is 14.1. The fourth-order valence-electron chi connectivity index (χ4n) is 8.93. The quantitative estimate of drug-likeness (QED) is 0.158. The second-order valence-electron chi connectivity index (χ2n) is 14.9. The summed E-state index contributed by atoms with van der Waals surface area (Å²) in [5.41, 5.74) is 14.0. The molecule has 0 bridgehead atoms. The highest BCUT2D eigenvalue weighted by Crippen LogP contribution is 2.43. The van der Waals surface area contributed by atoms with Gasteiger partial charge < -0.3 is 9.47 Å². The molecule has 0 aliphatic carbocycles. The minimum atomic E-state index is 1.08. The predicted molar refractivity (Wildman–Crippen MR) is 247 cm³/mol. The van der Waals surface area contributed by atoms with E-state index in [9.17, 15) is 0 Å². The lowest BCUT2D eigenvalue weighted by Gasteiger charge is -2.27. The Morgan fingerprint density at radius 3 is 1.55 bits per heavy atom. The van der Waals surface area contributed by atoms with Crippen LogP contribution in [0.2, 0.25) is 0 Å². The van der Waals surface area contributed by atoms with Crippen LogP contribution in [0.1, 0.15) is 0 Å². The van der Waals surface area contributed by atoms with Crippen molar-refractivity contribution < 1.29 is 0 Å². The number of nitrogens with zero attached hydrogens (tertiary/aromatic N) is 2. The van der Waals surface area contributed by atoms with Crippen molar-refractivity contribution in [3.8, 4) is 39.1 Å². The van der Waals surface area contributed by atoms with Crippen molar-refractivity contribution in [3.63, 3.8) is 0 Å². The molecule has 10 aromatic carbocycles. The van der Waals surface area contributed by atoms with Crippen molar-refractivity contribution in [2.45, 2.75) is 0 Å². The van der Waals surface area contributed by atoms with Crippen LogP contribution in [-0.2, 0) is 0 Å². The van der Waals surface area contributed by atoms with Gasteiger partial charge in [0.25, 0.3) is 0 Å². The summed E-state index contributed by atoms with van der Waals surface area (Å²) >= 11 is 0. The number of hydrogen-bond acceptors (Lipinski definition) is 1. The first-order valence-electron chi connectivity index (χ1n) is 19.9. The van der Waals surface area contributed by atoms with E-state index in [2.05, 4.69) is 240 Å². The van der Waals surface area contributed by atoms with Gasteiger partial charge in [0.2, 0.25) is 0 Å². The van der Waals surface area contributed by atoms with E-state index in [1.165, 1.54) is 76.7 Å². The van der Waals surface area contributed by atoms with Crippen LogP contribution >= 0.6 is 0 Å². The van der Waals surface area contributed by atoms with Gasteiger partial charge in [-0.1, -0.05) is 176 Å². The van der Waals surface area contributed by atoms with Crippen molar-refractivity contribution in [1.82, 2.24) is 4.57 Å². The monoisotopic (exact) mass is 738 g/mol. The Kier molecular flexibility index (Phi) is 8.19. The first-order chi connectivity index (χ1) is 28.8. The Morgan fingerprint density at radius 1 is 0.293 bits per heavy atom. The van der Waals surface area contributed by atoms with Crippen LogP contribution in [-0.4, -0.2) is 4.57 Å². The minimum Gasteiger partial charge on any atom is -0.310 e. The summed E-state index contributed by atoms with van der Waals surface area (Å²) in [4.78, 5) is 2.40. The molecule has 0 N–H and O–H groups in total.